The zero-order chi connectivity index (χ0) is 18.2. The third-order valence-electron chi connectivity index (χ3n) is 3.81. The lowest BCUT2D eigenvalue weighted by Crippen LogP contribution is -2.30. The fourth-order valence-electron chi connectivity index (χ4n) is 2.26. The number of carbonyl (C=O) groups excluding carboxylic acids is 1. The number of benzene rings is 1. The van der Waals surface area contributed by atoms with Gasteiger partial charge in [-0.25, -0.2) is 4.79 Å². The summed E-state index contributed by atoms with van der Waals surface area (Å²) in [6.07, 6.45) is -1.25. The molecule has 2 atom stereocenters. The second-order valence-electron chi connectivity index (χ2n) is 5.72. The first-order chi connectivity index (χ1) is 12.0. The summed E-state index contributed by atoms with van der Waals surface area (Å²) in [5, 5.41) is 22.8. The van der Waals surface area contributed by atoms with Gasteiger partial charge in [-0.05, 0) is 30.5 Å². The molecule has 0 saturated carbocycles. The Labute approximate surface area is 146 Å². The lowest BCUT2D eigenvalue weighted by Gasteiger charge is -2.19. The summed E-state index contributed by atoms with van der Waals surface area (Å²) in [6.45, 7) is 2.11. The van der Waals surface area contributed by atoms with Crippen LogP contribution in [0.4, 0.5) is 10.5 Å². The van der Waals surface area contributed by atoms with E-state index in [1.54, 1.807) is 13.0 Å². The van der Waals surface area contributed by atoms with Crippen LogP contribution in [0.2, 0.25) is 0 Å². The van der Waals surface area contributed by atoms with Crippen molar-refractivity contribution in [1.82, 2.24) is 10.3 Å². The van der Waals surface area contributed by atoms with E-state index in [4.69, 9.17) is 10.5 Å². The largest absolute Gasteiger partial charge is 0.445 e. The monoisotopic (exact) mass is 345 g/mol. The number of aliphatic hydroxyl groups is 2. The summed E-state index contributed by atoms with van der Waals surface area (Å²) >= 11 is 0. The maximum atomic E-state index is 11.6. The van der Waals surface area contributed by atoms with Crippen LogP contribution >= 0.6 is 0 Å². The van der Waals surface area contributed by atoms with E-state index in [0.717, 1.165) is 11.1 Å². The third kappa shape index (κ3) is 5.44. The van der Waals surface area contributed by atoms with Crippen LogP contribution in [-0.2, 0) is 11.3 Å². The third-order valence-corrected chi connectivity index (χ3v) is 3.81. The minimum Gasteiger partial charge on any atom is -0.445 e. The van der Waals surface area contributed by atoms with E-state index in [1.165, 1.54) is 6.20 Å². The highest BCUT2D eigenvalue weighted by atomic mass is 16.5. The topological polar surface area (TPSA) is 118 Å². The number of ether oxygens (including phenoxy) is 1. The molecule has 134 valence electrons. The average Bonchev–Trinajstić information content (AvgIpc) is 2.62. The maximum absolute atomic E-state index is 11.6. The number of aryl methyl sites for hydroxylation is 1. The predicted molar refractivity (Wildman–Crippen MR) is 93.6 cm³/mol. The van der Waals surface area contributed by atoms with Crippen LogP contribution in [0.25, 0.3) is 0 Å². The number of aliphatic hydroxyl groups excluding tert-OH is 2. The highest BCUT2D eigenvalue weighted by Gasteiger charge is 2.22. The number of pyridine rings is 1. The molecule has 2 rings (SSSR count). The number of nitrogens with one attached hydrogen (secondary N) is 1. The Morgan fingerprint density at radius 3 is 2.72 bits per heavy atom. The Hall–Kier alpha value is -2.64. The van der Waals surface area contributed by atoms with Crippen LogP contribution in [0, 0.1) is 6.92 Å². The first-order valence-corrected chi connectivity index (χ1v) is 8.00. The molecule has 1 heterocycles. The average molecular weight is 345 g/mol. The highest BCUT2D eigenvalue weighted by Crippen LogP contribution is 2.24. The van der Waals surface area contributed by atoms with Gasteiger partial charge in [0.1, 0.15) is 12.7 Å². The number of alkyl carbamates (subject to hydrolysis) is 1. The van der Waals surface area contributed by atoms with E-state index in [0.29, 0.717) is 5.69 Å². The lowest BCUT2D eigenvalue weighted by molar-refractivity contribution is 0.0116. The molecule has 7 heteroatoms. The Bertz CT molecular complexity index is 694. The van der Waals surface area contributed by atoms with Gasteiger partial charge in [0.25, 0.3) is 0 Å². The number of nitrogen functional groups attached to an aromatic ring is 1. The molecule has 0 saturated heterocycles. The smallest absolute Gasteiger partial charge is 0.407 e. The molecule has 0 radical (unpaired) electrons. The summed E-state index contributed by atoms with van der Waals surface area (Å²) in [5.74, 6) is 0. The molecular weight excluding hydrogens is 322 g/mol. The first kappa shape index (κ1) is 18.7. The maximum Gasteiger partial charge on any atom is 0.407 e. The van der Waals surface area contributed by atoms with Gasteiger partial charge in [0, 0.05) is 12.7 Å². The summed E-state index contributed by atoms with van der Waals surface area (Å²) in [5.41, 5.74) is 8.12. The SMILES string of the molecule is Cc1ccnc(C(O)C(O)CCNC(=O)OCc2ccccc2)c1N. The van der Waals surface area contributed by atoms with Crippen LogP contribution in [-0.4, -0.2) is 33.9 Å². The van der Waals surface area contributed by atoms with Crippen molar-refractivity contribution >= 4 is 11.8 Å². The molecule has 0 aliphatic heterocycles. The van der Waals surface area contributed by atoms with Gasteiger partial charge in [0.15, 0.2) is 0 Å². The van der Waals surface area contributed by atoms with Gasteiger partial charge in [-0.1, -0.05) is 30.3 Å². The van der Waals surface area contributed by atoms with E-state index < -0.39 is 18.3 Å². The molecule has 25 heavy (non-hydrogen) atoms. The molecular formula is C18H23N3O4. The van der Waals surface area contributed by atoms with E-state index >= 15 is 0 Å². The van der Waals surface area contributed by atoms with Gasteiger partial charge in [-0.15, -0.1) is 0 Å². The van der Waals surface area contributed by atoms with E-state index in [9.17, 15) is 15.0 Å². The van der Waals surface area contributed by atoms with Crippen molar-refractivity contribution in [2.24, 2.45) is 0 Å². The number of carbonyl (C=O) groups is 1. The zero-order valence-corrected chi connectivity index (χ0v) is 14.1. The van der Waals surface area contributed by atoms with Crippen molar-refractivity contribution in [3.63, 3.8) is 0 Å². The van der Waals surface area contributed by atoms with Gasteiger partial charge in [0.05, 0.1) is 17.5 Å². The van der Waals surface area contributed by atoms with Crippen molar-refractivity contribution in [3.05, 3.63) is 59.4 Å². The highest BCUT2D eigenvalue weighted by molar-refractivity contribution is 5.67. The number of rotatable bonds is 7. The summed E-state index contributed by atoms with van der Waals surface area (Å²) in [4.78, 5) is 15.6. The molecule has 0 aliphatic rings. The second kappa shape index (κ2) is 9.00. The minimum absolute atomic E-state index is 0.136. The quantitative estimate of drug-likeness (QED) is 0.606. The molecule has 7 nitrogen and oxygen atoms in total. The molecule has 2 unspecified atom stereocenters. The molecule has 0 bridgehead atoms. The number of hydrogen-bond acceptors (Lipinski definition) is 6. The normalized spacial score (nSPS) is 13.1. The number of anilines is 1. The molecule has 5 N–H and O–H groups in total. The fraction of sp³-hybridized carbons (Fsp3) is 0.333. The lowest BCUT2D eigenvalue weighted by atomic mass is 10.0. The number of amides is 1. The number of nitrogens with two attached hydrogens (primary N) is 1. The van der Waals surface area contributed by atoms with Crippen LogP contribution in [0.15, 0.2) is 42.6 Å². The predicted octanol–water partition coefficient (Wildman–Crippen LogP) is 1.68. The van der Waals surface area contributed by atoms with Crippen LogP contribution in [0.1, 0.15) is 29.3 Å². The number of hydrogen-bond donors (Lipinski definition) is 4. The van der Waals surface area contributed by atoms with E-state index in [2.05, 4.69) is 10.3 Å². The summed E-state index contributed by atoms with van der Waals surface area (Å²) < 4.78 is 5.06. The van der Waals surface area contributed by atoms with Gasteiger partial charge in [-0.3, -0.25) is 4.98 Å². The van der Waals surface area contributed by atoms with Crippen molar-refractivity contribution < 1.29 is 19.7 Å². The van der Waals surface area contributed by atoms with Gasteiger partial charge >= 0.3 is 6.09 Å². The van der Waals surface area contributed by atoms with E-state index in [1.807, 2.05) is 30.3 Å². The van der Waals surface area contributed by atoms with Crippen molar-refractivity contribution in [2.75, 3.05) is 12.3 Å². The molecule has 1 aromatic carbocycles. The molecule has 1 aromatic heterocycles. The van der Waals surface area contributed by atoms with Gasteiger partial charge in [0.2, 0.25) is 0 Å². The Balaban J connectivity index is 1.75. The summed E-state index contributed by atoms with van der Waals surface area (Å²) in [6, 6.07) is 11.0. The Morgan fingerprint density at radius 1 is 1.28 bits per heavy atom. The van der Waals surface area contributed by atoms with Crippen molar-refractivity contribution in [2.45, 2.75) is 32.2 Å². The fourth-order valence-corrected chi connectivity index (χ4v) is 2.26. The second-order valence-corrected chi connectivity index (χ2v) is 5.72. The van der Waals surface area contributed by atoms with Crippen LogP contribution < -0.4 is 11.1 Å². The number of nitrogens with zero attached hydrogens (tertiary/aromatic N) is 1. The van der Waals surface area contributed by atoms with E-state index in [-0.39, 0.29) is 25.3 Å². The molecule has 2 aromatic rings. The zero-order valence-electron chi connectivity index (χ0n) is 14.1. The van der Waals surface area contributed by atoms with Gasteiger partial charge < -0.3 is 26.0 Å². The first-order valence-electron chi connectivity index (χ1n) is 8.00. The molecule has 1 amide bonds. The van der Waals surface area contributed by atoms with Crippen LogP contribution in [0.5, 0.6) is 0 Å². The summed E-state index contributed by atoms with van der Waals surface area (Å²) in [7, 11) is 0. The Kier molecular flexibility index (Phi) is 6.73. The van der Waals surface area contributed by atoms with Crippen molar-refractivity contribution in [3.8, 4) is 0 Å². The molecule has 0 fully saturated rings. The van der Waals surface area contributed by atoms with Gasteiger partial charge in [-0.2, -0.15) is 0 Å². The van der Waals surface area contributed by atoms with Crippen LogP contribution in [0.3, 0.4) is 0 Å². The molecule has 0 spiro atoms. The number of aromatic nitrogens is 1. The Morgan fingerprint density at radius 2 is 2.00 bits per heavy atom. The molecule has 0 aliphatic carbocycles. The van der Waals surface area contributed by atoms with Crippen molar-refractivity contribution in [1.29, 1.82) is 0 Å². The standard InChI is InChI=1S/C18H23N3O4/c1-12-7-9-20-16(15(12)19)17(23)14(22)8-10-21-18(24)25-11-13-5-3-2-4-6-13/h2-7,9,14,17,22-23H,8,10-11,19H2,1H3,(H,21,24). The minimum atomic E-state index is -1.22.